The molecule has 3 nitrogen and oxygen atoms in total. The number of ether oxygens (including phenoxy) is 1. The van der Waals surface area contributed by atoms with E-state index in [0.29, 0.717) is 0 Å². The number of hydrogen-bond acceptors (Lipinski definition) is 5. The van der Waals surface area contributed by atoms with E-state index in [9.17, 15) is 0 Å². The molecule has 5 heteroatoms. The van der Waals surface area contributed by atoms with Crippen molar-refractivity contribution in [2.24, 2.45) is 0 Å². The highest BCUT2D eigenvalue weighted by atomic mass is 32.1. The van der Waals surface area contributed by atoms with Crippen molar-refractivity contribution in [3.63, 3.8) is 0 Å². The van der Waals surface area contributed by atoms with Crippen LogP contribution in [0.25, 0.3) is 0 Å². The van der Waals surface area contributed by atoms with Crippen molar-refractivity contribution in [2.45, 2.75) is 6.92 Å². The van der Waals surface area contributed by atoms with E-state index >= 15 is 0 Å². The summed E-state index contributed by atoms with van der Waals surface area (Å²) < 4.78 is 7.22. The molecular formula is C12H20N2OS2. The Hall–Kier alpha value is -0.360. The molecule has 0 bridgehead atoms. The van der Waals surface area contributed by atoms with E-state index in [0.717, 1.165) is 46.6 Å². The van der Waals surface area contributed by atoms with Crippen molar-refractivity contribution in [1.82, 2.24) is 4.90 Å². The molecule has 17 heavy (non-hydrogen) atoms. The summed E-state index contributed by atoms with van der Waals surface area (Å²) in [4.78, 5) is 4.24. The topological polar surface area (TPSA) is 15.7 Å². The predicted octanol–water partition coefficient (Wildman–Crippen LogP) is 2.34. The maximum atomic E-state index is 5.55. The van der Waals surface area contributed by atoms with Crippen molar-refractivity contribution in [2.75, 3.05) is 52.3 Å². The first kappa shape index (κ1) is 14.7. The van der Waals surface area contributed by atoms with Gasteiger partial charge in [-0.2, -0.15) is 0 Å². The summed E-state index contributed by atoms with van der Waals surface area (Å²) in [6, 6.07) is 0. The first-order valence-corrected chi connectivity index (χ1v) is 6.50. The van der Waals surface area contributed by atoms with Crippen molar-refractivity contribution < 1.29 is 4.74 Å². The van der Waals surface area contributed by atoms with Gasteiger partial charge in [-0.15, -0.1) is 0 Å². The summed E-state index contributed by atoms with van der Waals surface area (Å²) in [6.45, 7) is 5.31. The van der Waals surface area contributed by atoms with Crippen LogP contribution >= 0.6 is 24.4 Å². The molecule has 0 aliphatic carbocycles. The molecule has 0 saturated heterocycles. The van der Waals surface area contributed by atoms with Gasteiger partial charge in [0.15, 0.2) is 0 Å². The maximum absolute atomic E-state index is 5.55. The molecule has 96 valence electrons. The zero-order valence-electron chi connectivity index (χ0n) is 10.9. The van der Waals surface area contributed by atoms with Crippen LogP contribution in [0.15, 0.2) is 0 Å². The first-order chi connectivity index (χ1) is 7.95. The fourth-order valence-electron chi connectivity index (χ4n) is 1.62. The number of hydrogen-bond donors (Lipinski definition) is 0. The average molecular weight is 272 g/mol. The van der Waals surface area contributed by atoms with Crippen LogP contribution in [-0.4, -0.2) is 52.3 Å². The first-order valence-electron chi connectivity index (χ1n) is 5.68. The van der Waals surface area contributed by atoms with E-state index in [-0.39, 0.29) is 0 Å². The third-order valence-electron chi connectivity index (χ3n) is 2.75. The second kappa shape index (κ2) is 6.54. The molecule has 1 aromatic rings. The minimum atomic E-state index is 0.719. The highest BCUT2D eigenvalue weighted by molar-refractivity contribution is 7.74. The molecule has 0 spiro atoms. The van der Waals surface area contributed by atoms with Gasteiger partial charge in [0, 0.05) is 20.1 Å². The zero-order chi connectivity index (χ0) is 13.0. The lowest BCUT2D eigenvalue weighted by atomic mass is 10.1. The fourth-order valence-corrected chi connectivity index (χ4v) is 2.27. The smallest absolute Gasteiger partial charge is 0.0797 e. The number of rotatable bonds is 7. The van der Waals surface area contributed by atoms with Gasteiger partial charge < -0.3 is 14.5 Å². The molecule has 0 aliphatic heterocycles. The Bertz CT molecular complexity index is 436. The molecule has 0 unspecified atom stereocenters. The van der Waals surface area contributed by atoms with E-state index in [1.54, 1.807) is 0 Å². The molecule has 0 fully saturated rings. The molecule has 0 radical (unpaired) electrons. The van der Waals surface area contributed by atoms with Gasteiger partial charge >= 0.3 is 0 Å². The van der Waals surface area contributed by atoms with Crippen LogP contribution in [-0.2, 0) is 4.74 Å². The van der Waals surface area contributed by atoms with Crippen molar-refractivity contribution in [1.29, 1.82) is 0 Å². The van der Waals surface area contributed by atoms with Gasteiger partial charge in [-0.25, -0.2) is 0 Å². The molecule has 1 rings (SSSR count). The van der Waals surface area contributed by atoms with Crippen molar-refractivity contribution in [3.8, 4) is 0 Å². The zero-order valence-corrected chi connectivity index (χ0v) is 12.6. The maximum Gasteiger partial charge on any atom is 0.0797 e. The minimum absolute atomic E-state index is 0.719. The number of nitrogens with zero attached hydrogens (tertiary/aromatic N) is 2. The molecule has 1 aromatic carbocycles. The largest absolute Gasteiger partial charge is 0.378 e. The van der Waals surface area contributed by atoms with Crippen LogP contribution in [0.1, 0.15) is 5.56 Å². The third kappa shape index (κ3) is 3.81. The Morgan fingerprint density at radius 1 is 1.00 bits per heavy atom. The quantitative estimate of drug-likeness (QED) is 0.557. The third-order valence-corrected chi connectivity index (χ3v) is 3.79. The summed E-state index contributed by atoms with van der Waals surface area (Å²) in [5.41, 5.74) is 2.25. The van der Waals surface area contributed by atoms with Crippen LogP contribution in [0.4, 0.5) is 5.69 Å². The van der Waals surface area contributed by atoms with E-state index < -0.39 is 0 Å². The van der Waals surface area contributed by atoms with Gasteiger partial charge in [0.1, 0.15) is 0 Å². The SMILES string of the molecule is Cc1c(N(C)CCOCCN(C)C)c(=S)c1=S. The Morgan fingerprint density at radius 2 is 1.59 bits per heavy atom. The Labute approximate surface area is 114 Å². The molecule has 0 atom stereocenters. The lowest BCUT2D eigenvalue weighted by Gasteiger charge is -2.24. The Morgan fingerprint density at radius 3 is 2.12 bits per heavy atom. The van der Waals surface area contributed by atoms with Gasteiger partial charge in [-0.05, 0) is 26.6 Å². The predicted molar refractivity (Wildman–Crippen MR) is 77.9 cm³/mol. The van der Waals surface area contributed by atoms with Gasteiger partial charge in [-0.3, -0.25) is 0 Å². The summed E-state index contributed by atoms with van der Waals surface area (Å²) >= 11 is 10.4. The average Bonchev–Trinajstić information content (AvgIpc) is 2.28. The van der Waals surface area contributed by atoms with E-state index in [1.165, 1.54) is 0 Å². The van der Waals surface area contributed by atoms with Crippen LogP contribution < -0.4 is 4.90 Å². The van der Waals surface area contributed by atoms with Crippen molar-refractivity contribution >= 4 is 30.1 Å². The summed E-state index contributed by atoms with van der Waals surface area (Å²) in [6.07, 6.45) is 0. The number of anilines is 1. The summed E-state index contributed by atoms with van der Waals surface area (Å²) in [5.74, 6) is 0. The second-order valence-corrected chi connectivity index (χ2v) is 5.29. The monoisotopic (exact) mass is 272 g/mol. The molecule has 0 N–H and O–H groups in total. The normalized spacial score (nSPS) is 11.4. The standard InChI is InChI=1S/C12H20N2OS2/c1-9-10(12(17)11(9)16)14(4)6-8-15-7-5-13(2)3/h5-8H2,1-4H3. The van der Waals surface area contributed by atoms with Crippen LogP contribution in [0.3, 0.4) is 0 Å². The molecule has 0 saturated carbocycles. The molecule has 0 amide bonds. The van der Waals surface area contributed by atoms with E-state index in [4.69, 9.17) is 29.2 Å². The van der Waals surface area contributed by atoms with E-state index in [2.05, 4.69) is 9.80 Å². The highest BCUT2D eigenvalue weighted by Crippen LogP contribution is 2.28. The molecule has 0 heterocycles. The molecule has 0 aromatic heterocycles. The molecular weight excluding hydrogens is 252 g/mol. The lowest BCUT2D eigenvalue weighted by Crippen LogP contribution is -2.26. The van der Waals surface area contributed by atoms with Gasteiger partial charge in [-0.1, -0.05) is 24.4 Å². The molecule has 0 aliphatic rings. The van der Waals surface area contributed by atoms with Gasteiger partial charge in [0.05, 0.1) is 27.9 Å². The fraction of sp³-hybridized carbons (Fsp3) is 0.667. The Kier molecular flexibility index (Phi) is 5.66. The van der Waals surface area contributed by atoms with Gasteiger partial charge in [0.25, 0.3) is 0 Å². The van der Waals surface area contributed by atoms with Gasteiger partial charge in [0.2, 0.25) is 0 Å². The second-order valence-electron chi connectivity index (χ2n) is 4.47. The summed E-state index contributed by atoms with van der Waals surface area (Å²) in [7, 11) is 6.11. The van der Waals surface area contributed by atoms with Crippen LogP contribution in [0.2, 0.25) is 0 Å². The number of likely N-dealkylation sites (N-methyl/N-ethyl adjacent to an activating group) is 2. The highest BCUT2D eigenvalue weighted by Gasteiger charge is 2.13. The lowest BCUT2D eigenvalue weighted by molar-refractivity contribution is 0.123. The van der Waals surface area contributed by atoms with Crippen LogP contribution in [0.5, 0.6) is 0 Å². The minimum Gasteiger partial charge on any atom is -0.378 e. The van der Waals surface area contributed by atoms with Crippen LogP contribution in [0, 0.1) is 15.9 Å². The summed E-state index contributed by atoms with van der Waals surface area (Å²) in [5, 5.41) is 0. The van der Waals surface area contributed by atoms with E-state index in [1.807, 2.05) is 28.1 Å². The van der Waals surface area contributed by atoms with Crippen molar-refractivity contribution in [3.05, 3.63) is 14.6 Å². The Balaban J connectivity index is 2.29.